The van der Waals surface area contributed by atoms with Crippen molar-refractivity contribution in [1.29, 1.82) is 0 Å². The van der Waals surface area contributed by atoms with Crippen molar-refractivity contribution in [2.45, 2.75) is 12.5 Å². The Kier molecular flexibility index (Phi) is 7.59. The molecule has 7 aromatic rings. The maximum absolute atomic E-state index is 13.4. The van der Waals surface area contributed by atoms with Crippen LogP contribution in [0.5, 0.6) is 17.2 Å². The van der Waals surface area contributed by atoms with Crippen LogP contribution < -0.4 is 16.0 Å². The van der Waals surface area contributed by atoms with E-state index < -0.39 is 17.2 Å². The topological polar surface area (TPSA) is 127 Å². The number of benzene rings is 5. The minimum absolute atomic E-state index is 0.0683. The van der Waals surface area contributed by atoms with E-state index in [-0.39, 0.29) is 57.0 Å². The molecule has 47 heavy (non-hydrogen) atoms. The standard InChI is InChI=1S/C39H26O8/c40-35(25-8-2-1-3-9-25)26-16-14-23(15-17-26)22-45-27-20-18-24(19-21-27)32(33-36(41)28-10-4-6-12-30(28)46-38(33)43)34-37(42)29-11-5-7-13-31(29)47-39(34)44/h1-21,32,41-42H,22H2. The van der Waals surface area contributed by atoms with Crippen LogP contribution in [0.15, 0.2) is 146 Å². The highest BCUT2D eigenvalue weighted by molar-refractivity contribution is 6.08. The molecule has 0 saturated heterocycles. The lowest BCUT2D eigenvalue weighted by Crippen LogP contribution is -2.21. The van der Waals surface area contributed by atoms with Crippen molar-refractivity contribution in [2.75, 3.05) is 0 Å². The Morgan fingerprint density at radius 2 is 1.09 bits per heavy atom. The minimum Gasteiger partial charge on any atom is -0.507 e. The molecule has 0 amide bonds. The highest BCUT2D eigenvalue weighted by Gasteiger charge is 2.32. The van der Waals surface area contributed by atoms with Gasteiger partial charge in [-0.05, 0) is 47.5 Å². The average molecular weight is 623 g/mol. The van der Waals surface area contributed by atoms with Crippen molar-refractivity contribution in [2.24, 2.45) is 0 Å². The summed E-state index contributed by atoms with van der Waals surface area (Å²) in [7, 11) is 0. The number of aromatic hydroxyl groups is 2. The summed E-state index contributed by atoms with van der Waals surface area (Å²) in [5.41, 5.74) is 0.589. The van der Waals surface area contributed by atoms with Crippen LogP contribution in [0.3, 0.4) is 0 Å². The van der Waals surface area contributed by atoms with Gasteiger partial charge >= 0.3 is 11.3 Å². The van der Waals surface area contributed by atoms with Gasteiger partial charge < -0.3 is 23.8 Å². The number of hydrogen-bond donors (Lipinski definition) is 2. The van der Waals surface area contributed by atoms with Crippen LogP contribution in [0.2, 0.25) is 0 Å². The number of carbonyl (C=O) groups is 1. The zero-order valence-corrected chi connectivity index (χ0v) is 24.8. The van der Waals surface area contributed by atoms with Crippen molar-refractivity contribution < 1.29 is 28.6 Å². The van der Waals surface area contributed by atoms with E-state index in [0.717, 1.165) is 5.56 Å². The molecule has 0 aliphatic rings. The van der Waals surface area contributed by atoms with Gasteiger partial charge in [-0.2, -0.15) is 0 Å². The van der Waals surface area contributed by atoms with Gasteiger partial charge in [0.25, 0.3) is 0 Å². The summed E-state index contributed by atoms with van der Waals surface area (Å²) in [6.07, 6.45) is 0. The molecule has 0 radical (unpaired) electrons. The summed E-state index contributed by atoms with van der Waals surface area (Å²) in [6.45, 7) is 0.215. The van der Waals surface area contributed by atoms with Gasteiger partial charge in [0.2, 0.25) is 0 Å². The smallest absolute Gasteiger partial charge is 0.344 e. The average Bonchev–Trinajstić information content (AvgIpc) is 3.10. The predicted molar refractivity (Wildman–Crippen MR) is 176 cm³/mol. The molecule has 0 unspecified atom stereocenters. The lowest BCUT2D eigenvalue weighted by Gasteiger charge is -2.20. The maximum atomic E-state index is 13.4. The van der Waals surface area contributed by atoms with Crippen molar-refractivity contribution in [3.8, 4) is 17.2 Å². The zero-order chi connectivity index (χ0) is 32.5. The van der Waals surface area contributed by atoms with E-state index >= 15 is 0 Å². The Balaban J connectivity index is 1.23. The highest BCUT2D eigenvalue weighted by atomic mass is 16.5. The summed E-state index contributed by atoms with van der Waals surface area (Å²) in [5, 5.41) is 23.3. The molecule has 2 N–H and O–H groups in total. The Hall–Kier alpha value is -6.41. The second kappa shape index (κ2) is 12.2. The largest absolute Gasteiger partial charge is 0.507 e. The number of rotatable bonds is 8. The van der Waals surface area contributed by atoms with Crippen molar-refractivity contribution in [3.63, 3.8) is 0 Å². The third-order valence-corrected chi connectivity index (χ3v) is 8.09. The number of carbonyl (C=O) groups excluding carboxylic acids is 1. The van der Waals surface area contributed by atoms with Crippen LogP contribution in [0.1, 0.15) is 44.1 Å². The zero-order valence-electron chi connectivity index (χ0n) is 24.8. The molecule has 0 aliphatic heterocycles. The molecule has 0 atom stereocenters. The molecule has 0 fully saturated rings. The summed E-state index contributed by atoms with van der Waals surface area (Å²) < 4.78 is 17.1. The molecular formula is C39H26O8. The van der Waals surface area contributed by atoms with E-state index in [1.807, 2.05) is 30.3 Å². The Bertz CT molecular complexity index is 2270. The quantitative estimate of drug-likeness (QED) is 0.134. The maximum Gasteiger partial charge on any atom is 0.344 e. The number of ether oxygens (including phenoxy) is 1. The van der Waals surface area contributed by atoms with Crippen molar-refractivity contribution in [1.82, 2.24) is 0 Å². The van der Waals surface area contributed by atoms with Crippen LogP contribution in [0.4, 0.5) is 0 Å². The molecule has 8 nitrogen and oxygen atoms in total. The van der Waals surface area contributed by atoms with Gasteiger partial charge in [-0.25, -0.2) is 9.59 Å². The molecule has 5 aromatic carbocycles. The number of hydrogen-bond acceptors (Lipinski definition) is 8. The van der Waals surface area contributed by atoms with Gasteiger partial charge in [-0.15, -0.1) is 0 Å². The van der Waals surface area contributed by atoms with Gasteiger partial charge in [0, 0.05) is 11.1 Å². The van der Waals surface area contributed by atoms with Gasteiger partial charge in [0.05, 0.1) is 27.8 Å². The van der Waals surface area contributed by atoms with Gasteiger partial charge in [-0.3, -0.25) is 4.79 Å². The Labute approximate surface area is 267 Å². The van der Waals surface area contributed by atoms with Crippen LogP contribution in [-0.4, -0.2) is 16.0 Å². The Morgan fingerprint density at radius 3 is 1.64 bits per heavy atom. The predicted octanol–water partition coefficient (Wildman–Crippen LogP) is 7.30. The fourth-order valence-electron chi connectivity index (χ4n) is 5.71. The molecule has 0 saturated carbocycles. The first kappa shape index (κ1) is 29.3. The van der Waals surface area contributed by atoms with Crippen LogP contribution >= 0.6 is 0 Å². The normalized spacial score (nSPS) is 11.3. The fraction of sp³-hybridized carbons (Fsp3) is 0.0513. The molecule has 2 aromatic heterocycles. The second-order valence-corrected chi connectivity index (χ2v) is 11.0. The van der Waals surface area contributed by atoms with Gasteiger partial charge in [-0.1, -0.05) is 91.0 Å². The van der Waals surface area contributed by atoms with E-state index in [0.29, 0.717) is 22.4 Å². The third kappa shape index (κ3) is 5.53. The molecule has 0 aliphatic carbocycles. The number of ketones is 1. The van der Waals surface area contributed by atoms with Crippen LogP contribution in [-0.2, 0) is 6.61 Å². The summed E-state index contributed by atoms with van der Waals surface area (Å²) >= 11 is 0. The Morgan fingerprint density at radius 1 is 0.596 bits per heavy atom. The first-order valence-corrected chi connectivity index (χ1v) is 14.8. The van der Waals surface area contributed by atoms with Crippen LogP contribution in [0.25, 0.3) is 21.9 Å². The van der Waals surface area contributed by atoms with E-state index in [1.165, 1.54) is 0 Å². The molecule has 8 heteroatoms. The molecular weight excluding hydrogens is 596 g/mol. The molecule has 0 spiro atoms. The van der Waals surface area contributed by atoms with E-state index in [1.54, 1.807) is 97.1 Å². The summed E-state index contributed by atoms with van der Waals surface area (Å²) in [5.74, 6) is -1.57. The summed E-state index contributed by atoms with van der Waals surface area (Å²) in [4.78, 5) is 39.6. The first-order valence-electron chi connectivity index (χ1n) is 14.8. The molecule has 7 rings (SSSR count). The molecule has 0 bridgehead atoms. The minimum atomic E-state index is -1.25. The van der Waals surface area contributed by atoms with Crippen molar-refractivity contribution >= 4 is 27.7 Å². The number of para-hydroxylation sites is 2. The van der Waals surface area contributed by atoms with Gasteiger partial charge in [0.1, 0.15) is 35.0 Å². The fourth-order valence-corrected chi connectivity index (χ4v) is 5.71. The van der Waals surface area contributed by atoms with Crippen LogP contribution in [0, 0.1) is 0 Å². The number of fused-ring (bicyclic) bond motifs is 2. The monoisotopic (exact) mass is 622 g/mol. The van der Waals surface area contributed by atoms with E-state index in [4.69, 9.17) is 13.6 Å². The third-order valence-electron chi connectivity index (χ3n) is 8.09. The van der Waals surface area contributed by atoms with E-state index in [9.17, 15) is 24.6 Å². The van der Waals surface area contributed by atoms with Gasteiger partial charge in [0.15, 0.2) is 5.78 Å². The summed E-state index contributed by atoms with van der Waals surface area (Å²) in [6, 6.07) is 35.8. The second-order valence-electron chi connectivity index (χ2n) is 11.0. The lowest BCUT2D eigenvalue weighted by atomic mass is 9.84. The lowest BCUT2D eigenvalue weighted by molar-refractivity contribution is 0.103. The van der Waals surface area contributed by atoms with Crippen molar-refractivity contribution in [3.05, 3.63) is 182 Å². The SMILES string of the molecule is O=C(c1ccccc1)c1ccc(COc2ccc(C(c3c(O)c4ccccc4oc3=O)c3c(O)c4ccccc4oc3=O)cc2)cc1. The first-order chi connectivity index (χ1) is 22.9. The molecule has 2 heterocycles. The highest BCUT2D eigenvalue weighted by Crippen LogP contribution is 2.42. The van der Waals surface area contributed by atoms with E-state index in [2.05, 4.69) is 0 Å². The molecule has 230 valence electrons.